The molecule has 178 valence electrons. The molecule has 0 amide bonds. The molecule has 0 aromatic heterocycles. The van der Waals surface area contributed by atoms with Crippen LogP contribution in [-0.2, 0) is 11.2 Å². The molecule has 0 saturated carbocycles. The van der Waals surface area contributed by atoms with E-state index in [0.717, 1.165) is 12.0 Å². The Morgan fingerprint density at radius 1 is 0.794 bits per heavy atom. The van der Waals surface area contributed by atoms with Crippen LogP contribution in [0.5, 0.6) is 11.5 Å². The van der Waals surface area contributed by atoms with Crippen LogP contribution in [-0.4, -0.2) is 33.2 Å². The number of carboxylic acids is 2. The highest BCUT2D eigenvalue weighted by atomic mass is 16.5. The maximum atomic E-state index is 11.8. The summed E-state index contributed by atoms with van der Waals surface area (Å²) in [7, 11) is 0. The second-order valence-electron chi connectivity index (χ2n) is 8.11. The van der Waals surface area contributed by atoms with E-state index in [9.17, 15) is 19.5 Å². The molecule has 0 aliphatic rings. The van der Waals surface area contributed by atoms with E-state index in [4.69, 9.17) is 14.9 Å². The van der Waals surface area contributed by atoms with Crippen LogP contribution in [0.1, 0.15) is 58.5 Å². The van der Waals surface area contributed by atoms with Crippen molar-refractivity contribution in [3.63, 3.8) is 0 Å². The summed E-state index contributed by atoms with van der Waals surface area (Å²) < 4.78 is 4.99. The molecule has 0 radical (unpaired) electrons. The van der Waals surface area contributed by atoms with Gasteiger partial charge in [-0.3, -0.25) is 4.79 Å². The Morgan fingerprint density at radius 2 is 1.35 bits per heavy atom. The molecule has 3 aromatic carbocycles. The molecule has 0 unspecified atom stereocenters. The largest absolute Gasteiger partial charge is 0.507 e. The van der Waals surface area contributed by atoms with Crippen molar-refractivity contribution in [2.24, 2.45) is 5.92 Å². The molecule has 3 N–H and O–H groups in total. The molecule has 1 atom stereocenters. The Bertz CT molecular complexity index is 1130. The number of benzene rings is 3. The van der Waals surface area contributed by atoms with Crippen LogP contribution in [0.15, 0.2) is 72.8 Å². The van der Waals surface area contributed by atoms with Crippen molar-refractivity contribution < 1.29 is 34.4 Å². The SMILES string of the molecule is CC(C)Cc1ccc([C@H](C)C(=O)O)cc1.O=C(Oc1ccccc1C(=O)O)c1ccccc1O. The highest BCUT2D eigenvalue weighted by molar-refractivity contribution is 5.96. The third kappa shape index (κ3) is 7.48. The lowest BCUT2D eigenvalue weighted by Gasteiger charge is -2.09. The molecular weight excluding hydrogens is 436 g/mol. The van der Waals surface area contributed by atoms with Gasteiger partial charge in [0.15, 0.2) is 0 Å². The molecule has 0 aliphatic heterocycles. The van der Waals surface area contributed by atoms with Gasteiger partial charge in [-0.25, -0.2) is 9.59 Å². The molecule has 0 fully saturated rings. The van der Waals surface area contributed by atoms with Gasteiger partial charge in [0, 0.05) is 0 Å². The zero-order valence-corrected chi connectivity index (χ0v) is 19.3. The fourth-order valence-corrected chi connectivity index (χ4v) is 3.09. The molecule has 0 bridgehead atoms. The van der Waals surface area contributed by atoms with Crippen molar-refractivity contribution in [2.45, 2.75) is 33.1 Å². The van der Waals surface area contributed by atoms with Gasteiger partial charge >= 0.3 is 17.9 Å². The lowest BCUT2D eigenvalue weighted by Crippen LogP contribution is -2.11. The van der Waals surface area contributed by atoms with Crippen molar-refractivity contribution in [1.82, 2.24) is 0 Å². The third-order valence-electron chi connectivity index (χ3n) is 4.94. The standard InChI is InChI=1S/C14H10O5.C13H18O2/c15-11-7-3-1-5-9(11)14(18)19-12-8-4-2-6-10(12)13(16)17;1-9(2)8-11-4-6-12(7-5-11)10(3)13(14)15/h1-8,15H,(H,16,17);4-7,9-10H,8H2,1-3H3,(H,14,15)/t;10-/m.0/s1. The minimum Gasteiger partial charge on any atom is -0.507 e. The fraction of sp³-hybridized carbons (Fsp3) is 0.222. The predicted octanol–water partition coefficient (Wildman–Crippen LogP) is 5.38. The lowest BCUT2D eigenvalue weighted by atomic mass is 9.97. The topological polar surface area (TPSA) is 121 Å². The first-order valence-electron chi connectivity index (χ1n) is 10.7. The number of esters is 1. The van der Waals surface area contributed by atoms with Crippen LogP contribution in [0.3, 0.4) is 0 Å². The smallest absolute Gasteiger partial charge is 0.347 e. The van der Waals surface area contributed by atoms with Gasteiger partial charge in [-0.15, -0.1) is 0 Å². The van der Waals surface area contributed by atoms with Crippen LogP contribution < -0.4 is 4.74 Å². The summed E-state index contributed by atoms with van der Waals surface area (Å²) in [5.41, 5.74) is 2.00. The molecule has 0 aliphatic carbocycles. The molecule has 0 spiro atoms. The van der Waals surface area contributed by atoms with Gasteiger partial charge in [0.25, 0.3) is 0 Å². The van der Waals surface area contributed by atoms with E-state index in [2.05, 4.69) is 13.8 Å². The minimum atomic E-state index is -1.19. The summed E-state index contributed by atoms with van der Waals surface area (Å²) in [5.74, 6) is -2.85. The van der Waals surface area contributed by atoms with Crippen LogP contribution in [0, 0.1) is 5.92 Å². The number of rotatable bonds is 7. The molecular formula is C27H28O7. The summed E-state index contributed by atoms with van der Waals surface area (Å²) in [6, 6.07) is 19.5. The van der Waals surface area contributed by atoms with Gasteiger partial charge in [0.05, 0.1) is 5.92 Å². The highest BCUT2D eigenvalue weighted by Crippen LogP contribution is 2.22. The van der Waals surface area contributed by atoms with Crippen molar-refractivity contribution in [3.05, 3.63) is 95.1 Å². The van der Waals surface area contributed by atoms with Crippen molar-refractivity contribution >= 4 is 17.9 Å². The van der Waals surface area contributed by atoms with E-state index in [1.807, 2.05) is 24.3 Å². The molecule has 3 aromatic rings. The van der Waals surface area contributed by atoms with E-state index in [1.54, 1.807) is 25.1 Å². The second-order valence-corrected chi connectivity index (χ2v) is 8.11. The van der Waals surface area contributed by atoms with Gasteiger partial charge in [-0.1, -0.05) is 62.4 Å². The van der Waals surface area contributed by atoms with E-state index in [0.29, 0.717) is 5.92 Å². The molecule has 7 nitrogen and oxygen atoms in total. The normalized spacial score (nSPS) is 11.2. The first kappa shape index (κ1) is 26.1. The quantitative estimate of drug-likeness (QED) is 0.317. The summed E-state index contributed by atoms with van der Waals surface area (Å²) in [4.78, 5) is 33.6. The van der Waals surface area contributed by atoms with Crippen molar-refractivity contribution in [3.8, 4) is 11.5 Å². The average Bonchev–Trinajstić information content (AvgIpc) is 2.79. The molecule has 34 heavy (non-hydrogen) atoms. The number of phenolic OH excluding ortho intramolecular Hbond substituents is 1. The number of ether oxygens (including phenoxy) is 1. The van der Waals surface area contributed by atoms with Crippen molar-refractivity contribution in [1.29, 1.82) is 0 Å². The van der Waals surface area contributed by atoms with Crippen LogP contribution in [0.4, 0.5) is 0 Å². The highest BCUT2D eigenvalue weighted by Gasteiger charge is 2.17. The monoisotopic (exact) mass is 464 g/mol. The third-order valence-corrected chi connectivity index (χ3v) is 4.94. The van der Waals surface area contributed by atoms with E-state index < -0.39 is 23.8 Å². The van der Waals surface area contributed by atoms with Gasteiger partial charge < -0.3 is 20.1 Å². The number of aliphatic carboxylic acids is 1. The zero-order chi connectivity index (χ0) is 25.3. The Labute approximate surface area is 198 Å². The maximum Gasteiger partial charge on any atom is 0.347 e. The number of carbonyl (C=O) groups excluding carboxylic acids is 1. The Balaban J connectivity index is 0.000000248. The summed E-state index contributed by atoms with van der Waals surface area (Å²) in [5, 5.41) is 27.3. The Morgan fingerprint density at radius 3 is 1.88 bits per heavy atom. The maximum absolute atomic E-state index is 11.8. The van der Waals surface area contributed by atoms with E-state index in [-0.39, 0.29) is 22.6 Å². The molecule has 0 saturated heterocycles. The second kappa shape index (κ2) is 12.2. The predicted molar refractivity (Wildman–Crippen MR) is 128 cm³/mol. The number of carboxylic acid groups (broad SMARTS) is 2. The average molecular weight is 465 g/mol. The van der Waals surface area contributed by atoms with E-state index in [1.165, 1.54) is 35.9 Å². The van der Waals surface area contributed by atoms with Crippen LogP contribution in [0.25, 0.3) is 0 Å². The molecule has 3 rings (SSSR count). The van der Waals surface area contributed by atoms with E-state index >= 15 is 0 Å². The number of carbonyl (C=O) groups is 3. The number of aromatic carboxylic acids is 1. The number of aromatic hydroxyl groups is 1. The van der Waals surface area contributed by atoms with Gasteiger partial charge in [0.1, 0.15) is 22.6 Å². The Kier molecular flexibility index (Phi) is 9.38. The minimum absolute atomic E-state index is 0.0253. The fourth-order valence-electron chi connectivity index (χ4n) is 3.09. The van der Waals surface area contributed by atoms with Crippen molar-refractivity contribution in [2.75, 3.05) is 0 Å². The van der Waals surface area contributed by atoms with Crippen LogP contribution in [0.2, 0.25) is 0 Å². The lowest BCUT2D eigenvalue weighted by molar-refractivity contribution is -0.138. The summed E-state index contributed by atoms with van der Waals surface area (Å²) >= 11 is 0. The first-order chi connectivity index (χ1) is 16.1. The number of para-hydroxylation sites is 2. The molecule has 7 heteroatoms. The van der Waals surface area contributed by atoms with Gasteiger partial charge in [-0.2, -0.15) is 0 Å². The van der Waals surface area contributed by atoms with Gasteiger partial charge in [-0.05, 0) is 54.7 Å². The van der Waals surface area contributed by atoms with Gasteiger partial charge in [0.2, 0.25) is 0 Å². The van der Waals surface area contributed by atoms with Crippen LogP contribution >= 0.6 is 0 Å². The first-order valence-corrected chi connectivity index (χ1v) is 10.7. The summed E-state index contributed by atoms with van der Waals surface area (Å²) in [6.07, 6.45) is 1.04. The zero-order valence-electron chi connectivity index (χ0n) is 19.3. The number of hydrogen-bond donors (Lipinski definition) is 3. The number of hydrogen-bond acceptors (Lipinski definition) is 5. The number of phenols is 1. The Hall–Kier alpha value is -4.13. The summed E-state index contributed by atoms with van der Waals surface area (Å²) in [6.45, 7) is 6.06. The molecule has 0 heterocycles.